The van der Waals surface area contributed by atoms with Crippen LogP contribution in [-0.4, -0.2) is 31.7 Å². The van der Waals surface area contributed by atoms with E-state index < -0.39 is 0 Å². The normalized spacial score (nSPS) is 16.6. The van der Waals surface area contributed by atoms with Crippen LogP contribution >= 0.6 is 12.4 Å². The van der Waals surface area contributed by atoms with E-state index in [0.29, 0.717) is 26.3 Å². The maximum absolute atomic E-state index is 12.2. The van der Waals surface area contributed by atoms with Crippen LogP contribution in [-0.2, 0) is 16.1 Å². The lowest BCUT2D eigenvalue weighted by molar-refractivity contribution is -0.126. The minimum Gasteiger partial charge on any atom is -0.457 e. The third kappa shape index (κ3) is 5.19. The summed E-state index contributed by atoms with van der Waals surface area (Å²) in [7, 11) is 0. The van der Waals surface area contributed by atoms with Crippen molar-refractivity contribution in [1.82, 2.24) is 10.6 Å². The Hall–Kier alpha value is -2.08. The van der Waals surface area contributed by atoms with Crippen molar-refractivity contribution in [1.29, 1.82) is 0 Å². The van der Waals surface area contributed by atoms with E-state index in [1.165, 1.54) is 0 Å². The monoisotopic (exact) mass is 362 g/mol. The predicted molar refractivity (Wildman–Crippen MR) is 99.4 cm³/mol. The van der Waals surface area contributed by atoms with Gasteiger partial charge in [-0.3, -0.25) is 4.79 Å². The fourth-order valence-electron chi connectivity index (χ4n) is 2.58. The SMILES string of the molecule is Cc1ccccc1Oc1ccccc1CNC(=O)C1COCCN1.Cl. The van der Waals surface area contributed by atoms with Gasteiger partial charge in [-0.25, -0.2) is 0 Å². The van der Waals surface area contributed by atoms with Crippen molar-refractivity contribution >= 4 is 18.3 Å². The second-order valence-corrected chi connectivity index (χ2v) is 5.77. The first-order chi connectivity index (χ1) is 11.7. The van der Waals surface area contributed by atoms with Crippen molar-refractivity contribution in [2.75, 3.05) is 19.8 Å². The number of carbonyl (C=O) groups excluding carboxylic acids is 1. The van der Waals surface area contributed by atoms with Gasteiger partial charge in [0.25, 0.3) is 0 Å². The Morgan fingerprint density at radius 2 is 1.92 bits per heavy atom. The summed E-state index contributed by atoms with van der Waals surface area (Å²) in [6, 6.07) is 15.3. The minimum absolute atomic E-state index is 0. The first kappa shape index (κ1) is 19.2. The number of amides is 1. The van der Waals surface area contributed by atoms with Crippen molar-refractivity contribution in [3.63, 3.8) is 0 Å². The lowest BCUT2D eigenvalue weighted by Crippen LogP contribution is -2.51. The van der Waals surface area contributed by atoms with E-state index in [4.69, 9.17) is 9.47 Å². The lowest BCUT2D eigenvalue weighted by Gasteiger charge is -2.23. The number of para-hydroxylation sites is 2. The van der Waals surface area contributed by atoms with Gasteiger partial charge in [-0.2, -0.15) is 0 Å². The Bertz CT molecular complexity index is 703. The molecular weight excluding hydrogens is 340 g/mol. The fourth-order valence-corrected chi connectivity index (χ4v) is 2.58. The molecule has 1 saturated heterocycles. The Morgan fingerprint density at radius 1 is 1.20 bits per heavy atom. The summed E-state index contributed by atoms with van der Waals surface area (Å²) in [5, 5.41) is 6.10. The summed E-state index contributed by atoms with van der Waals surface area (Å²) in [6.45, 7) is 4.18. The molecule has 1 amide bonds. The van der Waals surface area contributed by atoms with E-state index >= 15 is 0 Å². The van der Waals surface area contributed by atoms with Crippen molar-refractivity contribution in [3.8, 4) is 11.5 Å². The van der Waals surface area contributed by atoms with E-state index in [1.54, 1.807) is 0 Å². The van der Waals surface area contributed by atoms with E-state index in [0.717, 1.165) is 22.6 Å². The molecule has 2 N–H and O–H groups in total. The number of hydrogen-bond acceptors (Lipinski definition) is 4. The van der Waals surface area contributed by atoms with Gasteiger partial charge < -0.3 is 20.1 Å². The number of ether oxygens (including phenoxy) is 2. The van der Waals surface area contributed by atoms with Crippen LogP contribution in [0.15, 0.2) is 48.5 Å². The third-order valence-corrected chi connectivity index (χ3v) is 3.98. The first-order valence-corrected chi connectivity index (χ1v) is 8.14. The van der Waals surface area contributed by atoms with Crippen LogP contribution in [0.2, 0.25) is 0 Å². The number of morpholine rings is 1. The Morgan fingerprint density at radius 3 is 2.64 bits per heavy atom. The molecule has 5 nitrogen and oxygen atoms in total. The average molecular weight is 363 g/mol. The van der Waals surface area contributed by atoms with Gasteiger partial charge in [0.1, 0.15) is 17.5 Å². The van der Waals surface area contributed by atoms with Crippen LogP contribution in [0.25, 0.3) is 0 Å². The van der Waals surface area contributed by atoms with Crippen LogP contribution in [0.1, 0.15) is 11.1 Å². The van der Waals surface area contributed by atoms with Crippen molar-refractivity contribution in [2.45, 2.75) is 19.5 Å². The zero-order valence-electron chi connectivity index (χ0n) is 14.2. The quantitative estimate of drug-likeness (QED) is 0.858. The molecule has 0 bridgehead atoms. The van der Waals surface area contributed by atoms with Crippen molar-refractivity contribution in [2.24, 2.45) is 0 Å². The summed E-state index contributed by atoms with van der Waals surface area (Å²) in [5.74, 6) is 1.51. The van der Waals surface area contributed by atoms with Crippen LogP contribution in [0, 0.1) is 6.92 Å². The molecule has 0 radical (unpaired) electrons. The summed E-state index contributed by atoms with van der Waals surface area (Å²) in [4.78, 5) is 12.2. The second-order valence-electron chi connectivity index (χ2n) is 5.77. The number of rotatable bonds is 5. The lowest BCUT2D eigenvalue weighted by atomic mass is 10.1. The van der Waals surface area contributed by atoms with E-state index in [2.05, 4.69) is 10.6 Å². The van der Waals surface area contributed by atoms with Crippen LogP contribution in [0.3, 0.4) is 0 Å². The molecule has 0 aliphatic carbocycles. The zero-order chi connectivity index (χ0) is 16.8. The molecule has 1 aliphatic heterocycles. The van der Waals surface area contributed by atoms with Crippen molar-refractivity contribution in [3.05, 3.63) is 59.7 Å². The molecule has 6 heteroatoms. The van der Waals surface area contributed by atoms with Gasteiger partial charge in [-0.1, -0.05) is 36.4 Å². The van der Waals surface area contributed by atoms with Crippen molar-refractivity contribution < 1.29 is 14.3 Å². The highest BCUT2D eigenvalue weighted by atomic mass is 35.5. The molecule has 3 rings (SSSR count). The summed E-state index contributed by atoms with van der Waals surface area (Å²) in [5.41, 5.74) is 2.01. The molecule has 134 valence electrons. The average Bonchev–Trinajstić information content (AvgIpc) is 2.63. The highest BCUT2D eigenvalue weighted by Gasteiger charge is 2.21. The third-order valence-electron chi connectivity index (χ3n) is 3.98. The molecule has 0 saturated carbocycles. The highest BCUT2D eigenvalue weighted by Crippen LogP contribution is 2.27. The van der Waals surface area contributed by atoms with Gasteiger partial charge >= 0.3 is 0 Å². The number of aryl methyl sites for hydroxylation is 1. The van der Waals surface area contributed by atoms with E-state index in [9.17, 15) is 4.79 Å². The molecule has 1 atom stereocenters. The zero-order valence-corrected chi connectivity index (χ0v) is 15.0. The number of nitrogens with one attached hydrogen (secondary N) is 2. The van der Waals surface area contributed by atoms with Gasteiger partial charge in [0, 0.05) is 18.7 Å². The summed E-state index contributed by atoms with van der Waals surface area (Å²) >= 11 is 0. The van der Waals surface area contributed by atoms with Gasteiger partial charge in [0.2, 0.25) is 5.91 Å². The maximum atomic E-state index is 12.2. The number of hydrogen-bond donors (Lipinski definition) is 2. The van der Waals surface area contributed by atoms with Crippen LogP contribution in [0.5, 0.6) is 11.5 Å². The van der Waals surface area contributed by atoms with Gasteiger partial charge in [-0.15, -0.1) is 12.4 Å². The summed E-state index contributed by atoms with van der Waals surface area (Å²) < 4.78 is 11.3. The van der Waals surface area contributed by atoms with E-state index in [1.807, 2.05) is 55.5 Å². The standard InChI is InChI=1S/C19H22N2O3.ClH/c1-14-6-2-4-8-17(14)24-18-9-5-3-7-15(18)12-21-19(22)16-13-23-11-10-20-16;/h2-9,16,20H,10-13H2,1H3,(H,21,22);1H. The van der Waals surface area contributed by atoms with E-state index in [-0.39, 0.29) is 24.4 Å². The molecule has 0 aromatic heterocycles. The molecule has 25 heavy (non-hydrogen) atoms. The first-order valence-electron chi connectivity index (χ1n) is 8.14. The molecule has 1 aliphatic rings. The van der Waals surface area contributed by atoms with Gasteiger partial charge in [0.05, 0.1) is 13.2 Å². The predicted octanol–water partition coefficient (Wildman–Crippen LogP) is 2.81. The Labute approximate surface area is 154 Å². The molecule has 1 fully saturated rings. The largest absolute Gasteiger partial charge is 0.457 e. The molecule has 1 heterocycles. The van der Waals surface area contributed by atoms with Crippen LogP contribution in [0.4, 0.5) is 0 Å². The maximum Gasteiger partial charge on any atom is 0.239 e. The number of benzene rings is 2. The molecule has 1 unspecified atom stereocenters. The minimum atomic E-state index is -0.289. The topological polar surface area (TPSA) is 59.6 Å². The van der Waals surface area contributed by atoms with Crippen LogP contribution < -0.4 is 15.4 Å². The Balaban J connectivity index is 0.00000225. The molecular formula is C19H23ClN2O3. The molecule has 2 aromatic carbocycles. The smallest absolute Gasteiger partial charge is 0.239 e. The number of halogens is 1. The summed E-state index contributed by atoms with van der Waals surface area (Å²) in [6.07, 6.45) is 0. The fraction of sp³-hybridized carbons (Fsp3) is 0.316. The van der Waals surface area contributed by atoms with Gasteiger partial charge in [0.15, 0.2) is 0 Å². The Kier molecular flexibility index (Phi) is 7.25. The highest BCUT2D eigenvalue weighted by molar-refractivity contribution is 5.85. The second kappa shape index (κ2) is 9.42. The number of carbonyl (C=O) groups is 1. The van der Waals surface area contributed by atoms with Gasteiger partial charge in [-0.05, 0) is 24.6 Å². The molecule has 0 spiro atoms. The molecule has 2 aromatic rings.